The summed E-state index contributed by atoms with van der Waals surface area (Å²) < 4.78 is 4.96. The van der Waals surface area contributed by atoms with Crippen LogP contribution in [-0.4, -0.2) is 34.1 Å². The van der Waals surface area contributed by atoms with Gasteiger partial charge in [-0.3, -0.25) is 9.59 Å². The van der Waals surface area contributed by atoms with Crippen molar-refractivity contribution < 1.29 is 19.2 Å². The van der Waals surface area contributed by atoms with Crippen molar-refractivity contribution >= 4 is 11.9 Å². The van der Waals surface area contributed by atoms with E-state index in [0.29, 0.717) is 30.8 Å². The second kappa shape index (κ2) is 5.64. The highest BCUT2D eigenvalue weighted by Crippen LogP contribution is 2.37. The fraction of sp³-hybridized carbons (Fsp3) is 0.643. The first-order chi connectivity index (χ1) is 9.38. The second-order valence-corrected chi connectivity index (χ2v) is 5.75. The minimum Gasteiger partial charge on any atom is -0.481 e. The summed E-state index contributed by atoms with van der Waals surface area (Å²) in [6.45, 7) is 4.12. The Morgan fingerprint density at radius 1 is 1.45 bits per heavy atom. The van der Waals surface area contributed by atoms with Crippen molar-refractivity contribution in [3.8, 4) is 0 Å². The highest BCUT2D eigenvalue weighted by atomic mass is 16.5. The van der Waals surface area contributed by atoms with Crippen LogP contribution in [0.3, 0.4) is 0 Å². The van der Waals surface area contributed by atoms with Gasteiger partial charge >= 0.3 is 5.97 Å². The molecule has 0 aromatic carbocycles. The van der Waals surface area contributed by atoms with Gasteiger partial charge in [0.15, 0.2) is 0 Å². The zero-order valence-electron chi connectivity index (χ0n) is 12.0. The van der Waals surface area contributed by atoms with Crippen LogP contribution in [0.2, 0.25) is 0 Å². The normalized spacial score (nSPS) is 25.6. The third-order valence-corrected chi connectivity index (χ3v) is 3.88. The lowest BCUT2D eigenvalue weighted by Gasteiger charge is -2.22. The van der Waals surface area contributed by atoms with Crippen molar-refractivity contribution in [3.63, 3.8) is 0 Å². The fourth-order valence-electron chi connectivity index (χ4n) is 2.93. The van der Waals surface area contributed by atoms with Crippen LogP contribution < -0.4 is 0 Å². The van der Waals surface area contributed by atoms with Gasteiger partial charge in [-0.2, -0.15) is 0 Å². The quantitative estimate of drug-likeness (QED) is 0.907. The molecule has 0 radical (unpaired) electrons. The Bertz CT molecular complexity index is 511. The number of carbonyl (C=O) groups excluding carboxylic acids is 1. The van der Waals surface area contributed by atoms with Crippen molar-refractivity contribution in [2.24, 2.45) is 17.8 Å². The molecule has 1 fully saturated rings. The fourth-order valence-corrected chi connectivity index (χ4v) is 2.93. The summed E-state index contributed by atoms with van der Waals surface area (Å²) in [7, 11) is 1.67. The van der Waals surface area contributed by atoms with E-state index in [-0.39, 0.29) is 11.8 Å². The van der Waals surface area contributed by atoms with Gasteiger partial charge in [-0.25, -0.2) is 0 Å². The van der Waals surface area contributed by atoms with Gasteiger partial charge in [0.1, 0.15) is 11.5 Å². The van der Waals surface area contributed by atoms with E-state index in [2.05, 4.69) is 5.16 Å². The Morgan fingerprint density at radius 2 is 2.10 bits per heavy atom. The summed E-state index contributed by atoms with van der Waals surface area (Å²) in [6.07, 6.45) is 1.21. The molecule has 0 bridgehead atoms. The molecular weight excluding hydrogens is 260 g/mol. The largest absolute Gasteiger partial charge is 0.481 e. The Hall–Kier alpha value is -1.85. The van der Waals surface area contributed by atoms with Crippen LogP contribution in [0.15, 0.2) is 10.6 Å². The van der Waals surface area contributed by atoms with E-state index in [1.807, 2.05) is 6.92 Å². The van der Waals surface area contributed by atoms with Crippen LogP contribution >= 0.6 is 0 Å². The summed E-state index contributed by atoms with van der Waals surface area (Å²) in [5, 5.41) is 13.1. The summed E-state index contributed by atoms with van der Waals surface area (Å²) in [5.41, 5.74) is 0.677. The topological polar surface area (TPSA) is 83.6 Å². The smallest absolute Gasteiger partial charge is 0.307 e. The molecule has 0 spiro atoms. The van der Waals surface area contributed by atoms with E-state index < -0.39 is 17.8 Å². The lowest BCUT2D eigenvalue weighted by molar-refractivity contribution is -0.148. The number of hydrogen-bond donors (Lipinski definition) is 1. The molecule has 2 rings (SSSR count). The highest BCUT2D eigenvalue weighted by molar-refractivity contribution is 5.85. The van der Waals surface area contributed by atoms with E-state index in [0.717, 1.165) is 0 Å². The van der Waals surface area contributed by atoms with Gasteiger partial charge in [0.2, 0.25) is 5.91 Å². The molecule has 1 aliphatic rings. The molecule has 1 aromatic rings. The number of carboxylic acid groups (broad SMARTS) is 1. The lowest BCUT2D eigenvalue weighted by Crippen LogP contribution is -2.36. The third kappa shape index (κ3) is 3.00. The molecule has 20 heavy (non-hydrogen) atoms. The third-order valence-electron chi connectivity index (χ3n) is 3.88. The maximum atomic E-state index is 12.4. The average Bonchev–Trinajstić information content (AvgIpc) is 2.94. The first kappa shape index (κ1) is 14.6. The van der Waals surface area contributed by atoms with Gasteiger partial charge < -0.3 is 14.5 Å². The van der Waals surface area contributed by atoms with Crippen LogP contribution in [0, 0.1) is 24.7 Å². The molecule has 1 aliphatic carbocycles. The van der Waals surface area contributed by atoms with Gasteiger partial charge in [0.25, 0.3) is 0 Å². The van der Waals surface area contributed by atoms with Crippen LogP contribution in [0.1, 0.15) is 31.2 Å². The Morgan fingerprint density at radius 3 is 2.65 bits per heavy atom. The molecule has 0 aliphatic heterocycles. The number of hydrogen-bond acceptors (Lipinski definition) is 4. The number of carboxylic acids is 1. The van der Waals surface area contributed by atoms with Crippen LogP contribution in [0.4, 0.5) is 0 Å². The first-order valence-electron chi connectivity index (χ1n) is 6.78. The van der Waals surface area contributed by atoms with Gasteiger partial charge in [0.05, 0.1) is 18.4 Å². The zero-order valence-corrected chi connectivity index (χ0v) is 12.0. The van der Waals surface area contributed by atoms with Gasteiger partial charge in [-0.05, 0) is 25.7 Å². The van der Waals surface area contributed by atoms with Crippen LogP contribution in [0.25, 0.3) is 0 Å². The van der Waals surface area contributed by atoms with Crippen LogP contribution in [0.5, 0.6) is 0 Å². The minimum atomic E-state index is -0.876. The summed E-state index contributed by atoms with van der Waals surface area (Å²) >= 11 is 0. The highest BCUT2D eigenvalue weighted by Gasteiger charge is 2.42. The SMILES string of the molecule is Cc1cc(CN(C)C(=O)[C@H]2CC(C)C[C@H]2C(=O)O)no1. The summed E-state index contributed by atoms with van der Waals surface area (Å²) in [4.78, 5) is 25.2. The Kier molecular flexibility index (Phi) is 4.11. The number of carbonyl (C=O) groups is 2. The molecule has 6 heteroatoms. The molecule has 1 saturated carbocycles. The predicted molar refractivity (Wildman–Crippen MR) is 70.7 cm³/mol. The van der Waals surface area contributed by atoms with Gasteiger partial charge in [-0.15, -0.1) is 0 Å². The Labute approximate surface area is 117 Å². The number of aliphatic carboxylic acids is 1. The lowest BCUT2D eigenvalue weighted by atomic mass is 9.95. The predicted octanol–water partition coefficient (Wildman–Crippen LogP) is 1.69. The van der Waals surface area contributed by atoms with E-state index in [9.17, 15) is 14.7 Å². The second-order valence-electron chi connectivity index (χ2n) is 5.75. The summed E-state index contributed by atoms with van der Waals surface area (Å²) in [5.74, 6) is -1.04. The average molecular weight is 280 g/mol. The molecule has 6 nitrogen and oxygen atoms in total. The standard InChI is InChI=1S/C14H20N2O4/c1-8-4-11(12(5-8)14(18)19)13(17)16(3)7-10-6-9(2)20-15-10/h6,8,11-12H,4-5,7H2,1-3H3,(H,18,19)/t8?,11-,12+/m0/s1. The molecular formula is C14H20N2O4. The number of aromatic nitrogens is 1. The van der Waals surface area contributed by atoms with E-state index in [1.165, 1.54) is 4.90 Å². The number of rotatable bonds is 4. The molecule has 110 valence electrons. The van der Waals surface area contributed by atoms with Crippen LogP contribution in [-0.2, 0) is 16.1 Å². The number of aryl methyl sites for hydroxylation is 1. The maximum Gasteiger partial charge on any atom is 0.307 e. The molecule has 1 N–H and O–H groups in total. The Balaban J connectivity index is 2.04. The number of amides is 1. The van der Waals surface area contributed by atoms with Crippen molar-refractivity contribution in [1.82, 2.24) is 10.1 Å². The summed E-state index contributed by atoms with van der Waals surface area (Å²) in [6, 6.07) is 1.77. The molecule has 0 saturated heterocycles. The van der Waals surface area contributed by atoms with E-state index >= 15 is 0 Å². The molecule has 1 unspecified atom stereocenters. The monoisotopic (exact) mass is 280 g/mol. The maximum absolute atomic E-state index is 12.4. The molecule has 1 aromatic heterocycles. The molecule has 3 atom stereocenters. The van der Waals surface area contributed by atoms with Crippen molar-refractivity contribution in [1.29, 1.82) is 0 Å². The minimum absolute atomic E-state index is 0.123. The van der Waals surface area contributed by atoms with Crippen molar-refractivity contribution in [3.05, 3.63) is 17.5 Å². The van der Waals surface area contributed by atoms with Gasteiger partial charge in [0, 0.05) is 13.1 Å². The molecule has 1 heterocycles. The van der Waals surface area contributed by atoms with Crippen molar-refractivity contribution in [2.75, 3.05) is 7.05 Å². The van der Waals surface area contributed by atoms with E-state index in [4.69, 9.17) is 4.52 Å². The zero-order chi connectivity index (χ0) is 14.9. The van der Waals surface area contributed by atoms with E-state index in [1.54, 1.807) is 20.0 Å². The van der Waals surface area contributed by atoms with Crippen molar-refractivity contribution in [2.45, 2.75) is 33.2 Å². The van der Waals surface area contributed by atoms with Gasteiger partial charge in [-0.1, -0.05) is 12.1 Å². The molecule has 1 amide bonds. The first-order valence-corrected chi connectivity index (χ1v) is 6.78. The number of nitrogens with zero attached hydrogens (tertiary/aromatic N) is 2.